The molecule has 1 aromatic rings. The van der Waals surface area contributed by atoms with Crippen molar-refractivity contribution in [3.05, 3.63) is 29.3 Å². The third-order valence-electron chi connectivity index (χ3n) is 5.64. The van der Waals surface area contributed by atoms with Gasteiger partial charge in [-0.2, -0.15) is 0 Å². The molecule has 148 valence electrons. The van der Waals surface area contributed by atoms with Crippen molar-refractivity contribution in [2.24, 2.45) is 5.92 Å². The Kier molecular flexibility index (Phi) is 6.53. The summed E-state index contributed by atoms with van der Waals surface area (Å²) in [5.41, 5.74) is 2.11. The van der Waals surface area contributed by atoms with Crippen LogP contribution < -0.4 is 4.74 Å². The standard InChI is InChI=1S/C22H31NO4/c1-15(2)18-7-6-8-19(16(3)17-9-10-17)22(18)27-21(25)14-26-20(24)13-23-11-4-5-12-23/h6-8,15-17H,4-5,9-14H2,1-3H3/t16-/m1/s1. The largest absolute Gasteiger partial charge is 0.453 e. The van der Waals surface area contributed by atoms with Gasteiger partial charge in [-0.05, 0) is 67.7 Å². The molecular weight excluding hydrogens is 342 g/mol. The second kappa shape index (κ2) is 8.87. The number of nitrogens with zero attached hydrogens (tertiary/aromatic N) is 1. The van der Waals surface area contributed by atoms with Gasteiger partial charge in [-0.3, -0.25) is 9.69 Å². The molecule has 0 aromatic heterocycles. The monoisotopic (exact) mass is 373 g/mol. The Morgan fingerprint density at radius 1 is 1.07 bits per heavy atom. The molecule has 0 spiro atoms. The van der Waals surface area contributed by atoms with E-state index >= 15 is 0 Å². The van der Waals surface area contributed by atoms with Gasteiger partial charge in [0.1, 0.15) is 5.75 Å². The SMILES string of the molecule is CC(C)c1cccc([C@H](C)C2CC2)c1OC(=O)COC(=O)CN1CCCC1. The van der Waals surface area contributed by atoms with Crippen LogP contribution in [0.25, 0.3) is 0 Å². The third-order valence-corrected chi connectivity index (χ3v) is 5.64. The van der Waals surface area contributed by atoms with E-state index in [0.29, 0.717) is 17.6 Å². The third kappa shape index (κ3) is 5.32. The quantitative estimate of drug-likeness (QED) is 0.511. The highest BCUT2D eigenvalue weighted by molar-refractivity contribution is 5.79. The van der Waals surface area contributed by atoms with E-state index < -0.39 is 5.97 Å². The van der Waals surface area contributed by atoms with Gasteiger partial charge in [0.25, 0.3) is 0 Å². The van der Waals surface area contributed by atoms with E-state index in [2.05, 4.69) is 31.7 Å². The molecular formula is C22H31NO4. The maximum Gasteiger partial charge on any atom is 0.349 e. The number of esters is 2. The van der Waals surface area contributed by atoms with Gasteiger partial charge in [-0.15, -0.1) is 0 Å². The molecule has 2 aliphatic rings. The molecule has 1 heterocycles. The molecule has 5 heteroatoms. The van der Waals surface area contributed by atoms with Crippen LogP contribution in [0, 0.1) is 5.92 Å². The topological polar surface area (TPSA) is 55.8 Å². The molecule has 0 radical (unpaired) electrons. The molecule has 0 bridgehead atoms. The number of rotatable bonds is 8. The van der Waals surface area contributed by atoms with E-state index in [1.807, 2.05) is 12.1 Å². The number of likely N-dealkylation sites (tertiary alicyclic amines) is 1. The molecule has 1 aliphatic heterocycles. The van der Waals surface area contributed by atoms with Crippen molar-refractivity contribution in [1.82, 2.24) is 4.90 Å². The minimum Gasteiger partial charge on any atom is -0.453 e. The van der Waals surface area contributed by atoms with Gasteiger partial charge in [0.05, 0.1) is 6.54 Å². The molecule has 1 atom stereocenters. The van der Waals surface area contributed by atoms with Gasteiger partial charge in [0.15, 0.2) is 6.61 Å². The number of hydrogen-bond acceptors (Lipinski definition) is 5. The first-order valence-electron chi connectivity index (χ1n) is 10.2. The van der Waals surface area contributed by atoms with E-state index in [4.69, 9.17) is 9.47 Å². The Balaban J connectivity index is 1.62. The maximum atomic E-state index is 12.4. The lowest BCUT2D eigenvalue weighted by Crippen LogP contribution is -2.30. The average Bonchev–Trinajstić information content (AvgIpc) is 3.37. The Morgan fingerprint density at radius 2 is 1.74 bits per heavy atom. The van der Waals surface area contributed by atoms with E-state index in [0.717, 1.165) is 37.1 Å². The van der Waals surface area contributed by atoms with E-state index in [-0.39, 0.29) is 25.0 Å². The smallest absolute Gasteiger partial charge is 0.349 e. The van der Waals surface area contributed by atoms with Crippen molar-refractivity contribution in [3.8, 4) is 5.75 Å². The minimum atomic E-state index is -0.512. The lowest BCUT2D eigenvalue weighted by atomic mass is 9.90. The summed E-state index contributed by atoms with van der Waals surface area (Å²) in [4.78, 5) is 26.4. The summed E-state index contributed by atoms with van der Waals surface area (Å²) >= 11 is 0. The van der Waals surface area contributed by atoms with Crippen LogP contribution in [0.5, 0.6) is 5.75 Å². The summed E-state index contributed by atoms with van der Waals surface area (Å²) in [6.45, 7) is 8.14. The second-order valence-electron chi connectivity index (χ2n) is 8.16. The van der Waals surface area contributed by atoms with Crippen molar-refractivity contribution in [1.29, 1.82) is 0 Å². The number of hydrogen-bond donors (Lipinski definition) is 0. The van der Waals surface area contributed by atoms with Crippen molar-refractivity contribution >= 4 is 11.9 Å². The number of carbonyl (C=O) groups excluding carboxylic acids is 2. The fourth-order valence-corrected chi connectivity index (χ4v) is 3.81. The fraction of sp³-hybridized carbons (Fsp3) is 0.636. The van der Waals surface area contributed by atoms with E-state index in [9.17, 15) is 9.59 Å². The van der Waals surface area contributed by atoms with Gasteiger partial charge in [0.2, 0.25) is 0 Å². The van der Waals surface area contributed by atoms with Crippen LogP contribution in [-0.4, -0.2) is 43.1 Å². The van der Waals surface area contributed by atoms with Crippen LogP contribution in [0.4, 0.5) is 0 Å². The second-order valence-corrected chi connectivity index (χ2v) is 8.16. The Labute approximate surface area is 162 Å². The lowest BCUT2D eigenvalue weighted by Gasteiger charge is -2.20. The average molecular weight is 373 g/mol. The van der Waals surface area contributed by atoms with Gasteiger partial charge >= 0.3 is 11.9 Å². The Hall–Kier alpha value is -1.88. The van der Waals surface area contributed by atoms with Crippen LogP contribution in [-0.2, 0) is 14.3 Å². The minimum absolute atomic E-state index is 0.247. The van der Waals surface area contributed by atoms with Crippen molar-refractivity contribution in [2.75, 3.05) is 26.2 Å². The number of para-hydroxylation sites is 1. The molecule has 27 heavy (non-hydrogen) atoms. The van der Waals surface area contributed by atoms with Crippen LogP contribution >= 0.6 is 0 Å². The highest BCUT2D eigenvalue weighted by atomic mass is 16.6. The van der Waals surface area contributed by atoms with Crippen molar-refractivity contribution in [2.45, 2.75) is 58.3 Å². The number of ether oxygens (including phenoxy) is 2. The molecule has 1 saturated heterocycles. The lowest BCUT2D eigenvalue weighted by molar-refractivity contribution is -0.154. The molecule has 1 aromatic carbocycles. The summed E-state index contributed by atoms with van der Waals surface area (Å²) < 4.78 is 10.9. The van der Waals surface area contributed by atoms with Gasteiger partial charge in [0, 0.05) is 0 Å². The Bertz CT molecular complexity index is 675. The van der Waals surface area contributed by atoms with E-state index in [1.54, 1.807) is 0 Å². The predicted molar refractivity (Wildman–Crippen MR) is 104 cm³/mol. The first-order chi connectivity index (χ1) is 13.0. The van der Waals surface area contributed by atoms with Crippen LogP contribution in [0.15, 0.2) is 18.2 Å². The zero-order valence-corrected chi connectivity index (χ0v) is 16.7. The Morgan fingerprint density at radius 3 is 2.37 bits per heavy atom. The summed E-state index contributed by atoms with van der Waals surface area (Å²) in [5, 5.41) is 0. The highest BCUT2D eigenvalue weighted by Gasteiger charge is 2.32. The summed E-state index contributed by atoms with van der Waals surface area (Å²) in [7, 11) is 0. The first-order valence-corrected chi connectivity index (χ1v) is 10.2. The zero-order chi connectivity index (χ0) is 19.4. The predicted octanol–water partition coefficient (Wildman–Crippen LogP) is 3.87. The van der Waals surface area contributed by atoms with Gasteiger partial charge < -0.3 is 9.47 Å². The van der Waals surface area contributed by atoms with Crippen molar-refractivity contribution < 1.29 is 19.1 Å². The van der Waals surface area contributed by atoms with Crippen LogP contribution in [0.3, 0.4) is 0 Å². The van der Waals surface area contributed by atoms with Crippen LogP contribution in [0.2, 0.25) is 0 Å². The number of carbonyl (C=O) groups is 2. The maximum absolute atomic E-state index is 12.4. The first kappa shape index (κ1) is 19.9. The summed E-state index contributed by atoms with van der Waals surface area (Å²) in [6, 6.07) is 6.10. The van der Waals surface area contributed by atoms with E-state index in [1.165, 1.54) is 12.8 Å². The molecule has 5 nitrogen and oxygen atoms in total. The molecule has 1 aliphatic carbocycles. The highest BCUT2D eigenvalue weighted by Crippen LogP contribution is 2.46. The number of benzene rings is 1. The molecule has 0 amide bonds. The molecule has 0 unspecified atom stereocenters. The zero-order valence-electron chi connectivity index (χ0n) is 16.7. The molecule has 3 rings (SSSR count). The van der Waals surface area contributed by atoms with Crippen LogP contribution in [0.1, 0.15) is 69.4 Å². The normalized spacial score (nSPS) is 18.5. The molecule has 0 N–H and O–H groups in total. The fourth-order valence-electron chi connectivity index (χ4n) is 3.81. The molecule has 2 fully saturated rings. The summed E-state index contributed by atoms with van der Waals surface area (Å²) in [5.74, 6) is 1.07. The van der Waals surface area contributed by atoms with Gasteiger partial charge in [-0.25, -0.2) is 4.79 Å². The molecule has 1 saturated carbocycles. The van der Waals surface area contributed by atoms with Gasteiger partial charge in [-0.1, -0.05) is 39.0 Å². The summed E-state index contributed by atoms with van der Waals surface area (Å²) in [6.07, 6.45) is 4.69. The van der Waals surface area contributed by atoms with Crippen molar-refractivity contribution in [3.63, 3.8) is 0 Å².